The molecule has 0 saturated carbocycles. The molecule has 0 bridgehead atoms. The second-order valence-corrected chi connectivity index (χ2v) is 10.8. The number of carbonyl (C=O) groups is 1. The Labute approximate surface area is 199 Å². The van der Waals surface area contributed by atoms with Gasteiger partial charge in [0.15, 0.2) is 15.7 Å². The lowest BCUT2D eigenvalue weighted by Crippen LogP contribution is -2.49. The van der Waals surface area contributed by atoms with Crippen molar-refractivity contribution in [1.82, 2.24) is 14.9 Å². The molecule has 1 fully saturated rings. The lowest BCUT2D eigenvalue weighted by Gasteiger charge is -2.41. The highest BCUT2D eigenvalue weighted by molar-refractivity contribution is 7.90. The minimum atomic E-state index is -3.31. The van der Waals surface area contributed by atoms with Crippen molar-refractivity contribution in [2.45, 2.75) is 50.7 Å². The summed E-state index contributed by atoms with van der Waals surface area (Å²) in [4.78, 5) is 25.1. The molecular weight excluding hydrogens is 460 g/mol. The van der Waals surface area contributed by atoms with Gasteiger partial charge in [-0.1, -0.05) is 0 Å². The Morgan fingerprint density at radius 3 is 2.56 bits per heavy atom. The van der Waals surface area contributed by atoms with Crippen molar-refractivity contribution in [2.75, 3.05) is 37.4 Å². The van der Waals surface area contributed by atoms with Crippen LogP contribution in [0.15, 0.2) is 29.4 Å². The van der Waals surface area contributed by atoms with Crippen LogP contribution >= 0.6 is 0 Å². The number of sulfone groups is 1. The Bertz CT molecular complexity index is 1160. The highest BCUT2D eigenvalue weighted by Gasteiger charge is 2.33. The topological polar surface area (TPSA) is 111 Å². The number of nitrogens with zero attached hydrogens (tertiary/aromatic N) is 4. The number of amides is 1. The largest absolute Gasteiger partial charge is 0.483 e. The van der Waals surface area contributed by atoms with Gasteiger partial charge in [-0.3, -0.25) is 0 Å². The SMILES string of the molecule is Cc1cc(S(C)(=O)=O)ccc1Oc1ncnc2c1OCCN2C1CCN(C(=O)OC(C)C)CC1. The Kier molecular flexibility index (Phi) is 6.83. The van der Waals surface area contributed by atoms with Crippen LogP contribution in [0.5, 0.6) is 17.4 Å². The van der Waals surface area contributed by atoms with Gasteiger partial charge in [0.1, 0.15) is 18.7 Å². The van der Waals surface area contributed by atoms with E-state index in [2.05, 4.69) is 14.9 Å². The van der Waals surface area contributed by atoms with Crippen LogP contribution in [0, 0.1) is 6.92 Å². The number of aryl methyl sites for hydroxylation is 1. The van der Waals surface area contributed by atoms with Crippen LogP contribution in [0.1, 0.15) is 32.3 Å². The van der Waals surface area contributed by atoms with E-state index < -0.39 is 9.84 Å². The maximum absolute atomic E-state index is 12.2. The maximum atomic E-state index is 12.2. The van der Waals surface area contributed by atoms with Crippen LogP contribution in [-0.2, 0) is 14.6 Å². The number of ether oxygens (including phenoxy) is 3. The van der Waals surface area contributed by atoms with Crippen molar-refractivity contribution in [2.24, 2.45) is 0 Å². The third-order valence-corrected chi connectivity index (χ3v) is 6.99. The van der Waals surface area contributed by atoms with Crippen molar-refractivity contribution in [3.8, 4) is 17.4 Å². The number of hydrogen-bond acceptors (Lipinski definition) is 9. The molecule has 0 unspecified atom stereocenters. The number of likely N-dealkylation sites (tertiary alicyclic amines) is 1. The summed E-state index contributed by atoms with van der Waals surface area (Å²) in [5, 5.41) is 0. The van der Waals surface area contributed by atoms with Gasteiger partial charge in [0, 0.05) is 25.4 Å². The van der Waals surface area contributed by atoms with E-state index in [-0.39, 0.29) is 29.0 Å². The van der Waals surface area contributed by atoms with E-state index in [0.717, 1.165) is 12.8 Å². The molecule has 2 aliphatic rings. The quantitative estimate of drug-likeness (QED) is 0.624. The molecule has 10 nitrogen and oxygen atoms in total. The highest BCUT2D eigenvalue weighted by Crippen LogP contribution is 2.41. The number of carbonyl (C=O) groups excluding carboxylic acids is 1. The van der Waals surface area contributed by atoms with Gasteiger partial charge >= 0.3 is 6.09 Å². The van der Waals surface area contributed by atoms with Crippen LogP contribution in [0.25, 0.3) is 0 Å². The summed E-state index contributed by atoms with van der Waals surface area (Å²) in [6.45, 7) is 7.83. The van der Waals surface area contributed by atoms with E-state index in [1.54, 1.807) is 24.0 Å². The second-order valence-electron chi connectivity index (χ2n) is 8.83. The average Bonchev–Trinajstić information content (AvgIpc) is 2.79. The molecule has 2 aromatic rings. The van der Waals surface area contributed by atoms with E-state index in [9.17, 15) is 13.2 Å². The molecule has 1 aromatic heterocycles. The van der Waals surface area contributed by atoms with Crippen molar-refractivity contribution in [1.29, 1.82) is 0 Å². The number of piperidine rings is 1. The van der Waals surface area contributed by atoms with Crippen LogP contribution < -0.4 is 14.4 Å². The zero-order chi connectivity index (χ0) is 24.5. The molecule has 0 atom stereocenters. The van der Waals surface area contributed by atoms with Gasteiger partial charge < -0.3 is 24.0 Å². The van der Waals surface area contributed by atoms with Crippen molar-refractivity contribution in [3.63, 3.8) is 0 Å². The van der Waals surface area contributed by atoms with Gasteiger partial charge in [-0.2, -0.15) is 4.98 Å². The molecule has 11 heteroatoms. The number of benzene rings is 1. The van der Waals surface area contributed by atoms with Crippen LogP contribution in [0.4, 0.5) is 10.6 Å². The first-order valence-electron chi connectivity index (χ1n) is 11.3. The fraction of sp³-hybridized carbons (Fsp3) is 0.522. The highest BCUT2D eigenvalue weighted by atomic mass is 32.2. The average molecular weight is 491 g/mol. The van der Waals surface area contributed by atoms with Crippen molar-refractivity contribution < 1.29 is 27.4 Å². The summed E-state index contributed by atoms with van der Waals surface area (Å²) in [6.07, 6.45) is 3.77. The number of fused-ring (bicyclic) bond motifs is 1. The number of hydrogen-bond donors (Lipinski definition) is 0. The fourth-order valence-corrected chi connectivity index (χ4v) is 4.87. The molecule has 0 N–H and O–H groups in total. The van der Waals surface area contributed by atoms with E-state index >= 15 is 0 Å². The van der Waals surface area contributed by atoms with E-state index in [1.807, 2.05) is 13.8 Å². The molecule has 3 heterocycles. The Hall–Kier alpha value is -3.08. The zero-order valence-electron chi connectivity index (χ0n) is 19.9. The summed E-state index contributed by atoms with van der Waals surface area (Å²) >= 11 is 0. The van der Waals surface area contributed by atoms with E-state index in [0.29, 0.717) is 49.1 Å². The van der Waals surface area contributed by atoms with Gasteiger partial charge in [-0.25, -0.2) is 18.2 Å². The second kappa shape index (κ2) is 9.65. The van der Waals surface area contributed by atoms with Crippen LogP contribution in [0.2, 0.25) is 0 Å². The minimum Gasteiger partial charge on any atom is -0.483 e. The van der Waals surface area contributed by atoms with Crippen LogP contribution in [-0.4, -0.2) is 74.0 Å². The lowest BCUT2D eigenvalue weighted by atomic mass is 10.0. The molecule has 184 valence electrons. The molecule has 4 rings (SSSR count). The number of rotatable bonds is 5. The Morgan fingerprint density at radius 2 is 1.91 bits per heavy atom. The first-order chi connectivity index (χ1) is 16.1. The van der Waals surface area contributed by atoms with Crippen molar-refractivity contribution in [3.05, 3.63) is 30.1 Å². The molecule has 34 heavy (non-hydrogen) atoms. The van der Waals surface area contributed by atoms with Gasteiger partial charge in [-0.15, -0.1) is 0 Å². The predicted molar refractivity (Wildman–Crippen MR) is 125 cm³/mol. The number of aromatic nitrogens is 2. The van der Waals surface area contributed by atoms with Crippen molar-refractivity contribution >= 4 is 21.7 Å². The first kappa shape index (κ1) is 24.1. The molecule has 0 radical (unpaired) electrons. The Balaban J connectivity index is 1.50. The number of anilines is 1. The molecule has 0 aliphatic carbocycles. The van der Waals surface area contributed by atoms with Gasteiger partial charge in [0.05, 0.1) is 17.5 Å². The summed E-state index contributed by atoms with van der Waals surface area (Å²) in [5.41, 5.74) is 0.670. The standard InChI is InChI=1S/C23H30N4O6S/c1-15(2)32-23(28)26-9-7-17(8-10-26)27-11-12-31-20-21(27)24-14-25-22(20)33-19-6-5-18(13-16(19)3)34(4,29)30/h5-6,13-15,17H,7-12H2,1-4H3. The first-order valence-corrected chi connectivity index (χ1v) is 13.2. The fourth-order valence-electron chi connectivity index (χ4n) is 4.17. The molecule has 0 spiro atoms. The van der Waals surface area contributed by atoms with Gasteiger partial charge in [-0.05, 0) is 57.4 Å². The third kappa shape index (κ3) is 5.19. The zero-order valence-corrected chi connectivity index (χ0v) is 20.7. The van der Waals surface area contributed by atoms with E-state index in [4.69, 9.17) is 14.2 Å². The van der Waals surface area contributed by atoms with Gasteiger partial charge in [0.2, 0.25) is 5.75 Å². The summed E-state index contributed by atoms with van der Waals surface area (Å²) in [5.74, 6) is 1.89. The lowest BCUT2D eigenvalue weighted by molar-refractivity contribution is 0.0687. The predicted octanol–water partition coefficient (Wildman–Crippen LogP) is 3.19. The molecule has 1 aromatic carbocycles. The smallest absolute Gasteiger partial charge is 0.410 e. The summed E-state index contributed by atoms with van der Waals surface area (Å²) < 4.78 is 40.9. The summed E-state index contributed by atoms with van der Waals surface area (Å²) in [7, 11) is -3.31. The Morgan fingerprint density at radius 1 is 1.18 bits per heavy atom. The normalized spacial score (nSPS) is 16.7. The molecule has 1 saturated heterocycles. The van der Waals surface area contributed by atoms with Crippen LogP contribution in [0.3, 0.4) is 0 Å². The monoisotopic (exact) mass is 490 g/mol. The van der Waals surface area contributed by atoms with E-state index in [1.165, 1.54) is 18.6 Å². The maximum Gasteiger partial charge on any atom is 0.410 e. The van der Waals surface area contributed by atoms with Gasteiger partial charge in [0.25, 0.3) is 5.88 Å². The minimum absolute atomic E-state index is 0.141. The summed E-state index contributed by atoms with van der Waals surface area (Å²) in [6, 6.07) is 4.90. The molecule has 2 aliphatic heterocycles. The third-order valence-electron chi connectivity index (χ3n) is 5.88. The molecular formula is C23H30N4O6S. The molecule has 1 amide bonds.